The van der Waals surface area contributed by atoms with Crippen LogP contribution in [0.4, 0.5) is 0 Å². The van der Waals surface area contributed by atoms with Crippen LogP contribution < -0.4 is 0 Å². The van der Waals surface area contributed by atoms with Crippen LogP contribution in [0.15, 0.2) is 0 Å². The summed E-state index contributed by atoms with van der Waals surface area (Å²) >= 11 is 0. The van der Waals surface area contributed by atoms with E-state index in [-0.39, 0.29) is 0 Å². The third kappa shape index (κ3) is 13.2. The summed E-state index contributed by atoms with van der Waals surface area (Å²) in [5.74, 6) is 0. The second-order valence-electron chi connectivity index (χ2n) is 7.82. The number of rotatable bonds is 19. The molecule has 1 heterocycles. The molecule has 2 atom stereocenters. The Balaban J connectivity index is 1.71. The van der Waals surface area contributed by atoms with Gasteiger partial charge in [-0.05, 0) is 19.3 Å². The van der Waals surface area contributed by atoms with E-state index in [1.807, 2.05) is 0 Å². The summed E-state index contributed by atoms with van der Waals surface area (Å²) in [6.45, 7) is 2.65. The van der Waals surface area contributed by atoms with Crippen molar-refractivity contribution in [2.45, 2.75) is 135 Å². The van der Waals surface area contributed by atoms with Gasteiger partial charge in [-0.1, -0.05) is 103 Å². The van der Waals surface area contributed by atoms with Crippen LogP contribution >= 0.6 is 0 Å². The molecule has 1 aliphatic rings. The Morgan fingerprint density at radius 1 is 0.542 bits per heavy atom. The van der Waals surface area contributed by atoms with Gasteiger partial charge in [0, 0.05) is 6.61 Å². The normalized spacial score (nSPS) is 19.8. The molecule has 0 aromatic carbocycles. The Morgan fingerprint density at radius 2 is 0.917 bits per heavy atom. The number of epoxide rings is 1. The topological polar surface area (TPSA) is 32.8 Å². The Bertz CT molecular complexity index is 254. The lowest BCUT2D eigenvalue weighted by molar-refractivity contribution is 0.282. The molecule has 0 aromatic heterocycles. The predicted molar refractivity (Wildman–Crippen MR) is 105 cm³/mol. The van der Waals surface area contributed by atoms with E-state index in [1.54, 1.807) is 0 Å². The van der Waals surface area contributed by atoms with Crippen LogP contribution in [0.2, 0.25) is 0 Å². The molecule has 1 rings (SSSR count). The summed E-state index contributed by atoms with van der Waals surface area (Å²) in [6, 6.07) is 0. The first-order valence-corrected chi connectivity index (χ1v) is 11.1. The molecular weight excluding hydrogens is 296 g/mol. The van der Waals surface area contributed by atoms with Crippen LogP contribution in [0.25, 0.3) is 0 Å². The molecule has 2 unspecified atom stereocenters. The highest BCUT2D eigenvalue weighted by molar-refractivity contribution is 4.84. The Morgan fingerprint density at radius 3 is 1.33 bits per heavy atom. The molecule has 144 valence electrons. The van der Waals surface area contributed by atoms with E-state index in [1.165, 1.54) is 109 Å². The van der Waals surface area contributed by atoms with Crippen molar-refractivity contribution in [3.63, 3.8) is 0 Å². The Hall–Kier alpha value is -0.0800. The molecule has 0 spiro atoms. The average Bonchev–Trinajstić information content (AvgIpc) is 3.34. The third-order valence-electron chi connectivity index (χ3n) is 5.43. The van der Waals surface area contributed by atoms with Crippen molar-refractivity contribution >= 4 is 0 Å². The molecule has 24 heavy (non-hydrogen) atoms. The van der Waals surface area contributed by atoms with E-state index >= 15 is 0 Å². The van der Waals surface area contributed by atoms with Gasteiger partial charge in [0.1, 0.15) is 0 Å². The van der Waals surface area contributed by atoms with Crippen molar-refractivity contribution in [1.29, 1.82) is 0 Å². The van der Waals surface area contributed by atoms with E-state index in [4.69, 9.17) is 9.84 Å². The highest BCUT2D eigenvalue weighted by Gasteiger charge is 2.36. The van der Waals surface area contributed by atoms with Gasteiger partial charge in [0.05, 0.1) is 12.2 Å². The van der Waals surface area contributed by atoms with Gasteiger partial charge in [0.15, 0.2) is 0 Å². The summed E-state index contributed by atoms with van der Waals surface area (Å²) < 4.78 is 5.82. The van der Waals surface area contributed by atoms with Gasteiger partial charge in [0.25, 0.3) is 0 Å². The van der Waals surface area contributed by atoms with Gasteiger partial charge in [-0.25, -0.2) is 0 Å². The molecule has 1 saturated heterocycles. The fourth-order valence-electron chi connectivity index (χ4n) is 3.68. The van der Waals surface area contributed by atoms with Crippen molar-refractivity contribution in [2.75, 3.05) is 6.61 Å². The van der Waals surface area contributed by atoms with Gasteiger partial charge in [-0.3, -0.25) is 0 Å². The van der Waals surface area contributed by atoms with Crippen molar-refractivity contribution in [3.8, 4) is 0 Å². The first kappa shape index (κ1) is 22.0. The van der Waals surface area contributed by atoms with Crippen LogP contribution in [0.1, 0.15) is 122 Å². The molecule has 1 N–H and O–H groups in total. The van der Waals surface area contributed by atoms with E-state index in [0.29, 0.717) is 18.8 Å². The highest BCUT2D eigenvalue weighted by Crippen LogP contribution is 2.31. The fraction of sp³-hybridized carbons (Fsp3) is 1.00. The third-order valence-corrected chi connectivity index (χ3v) is 5.43. The molecule has 0 bridgehead atoms. The lowest BCUT2D eigenvalue weighted by Crippen LogP contribution is -1.94. The van der Waals surface area contributed by atoms with Crippen LogP contribution in [-0.2, 0) is 4.74 Å². The summed E-state index contributed by atoms with van der Waals surface area (Å²) in [6.07, 6.45) is 25.5. The van der Waals surface area contributed by atoms with Crippen LogP contribution in [-0.4, -0.2) is 23.9 Å². The molecule has 0 aliphatic carbocycles. The minimum atomic E-state index is 0.366. The van der Waals surface area contributed by atoms with E-state index < -0.39 is 0 Å². The first-order chi connectivity index (χ1) is 11.9. The van der Waals surface area contributed by atoms with Crippen molar-refractivity contribution in [1.82, 2.24) is 0 Å². The molecule has 0 amide bonds. The minimum Gasteiger partial charge on any atom is -0.396 e. The van der Waals surface area contributed by atoms with Crippen molar-refractivity contribution < 1.29 is 9.84 Å². The monoisotopic (exact) mass is 340 g/mol. The summed E-state index contributed by atoms with van der Waals surface area (Å²) in [5.41, 5.74) is 0. The Kier molecular flexibility index (Phi) is 15.0. The maximum absolute atomic E-state index is 8.72. The molecule has 2 nitrogen and oxygen atoms in total. The molecule has 0 aromatic rings. The van der Waals surface area contributed by atoms with Crippen molar-refractivity contribution in [3.05, 3.63) is 0 Å². The highest BCUT2D eigenvalue weighted by atomic mass is 16.6. The van der Waals surface area contributed by atoms with Gasteiger partial charge in [-0.2, -0.15) is 0 Å². The number of hydrogen-bond acceptors (Lipinski definition) is 2. The maximum Gasteiger partial charge on any atom is 0.0841 e. The number of unbranched alkanes of at least 4 members (excludes halogenated alkanes) is 14. The van der Waals surface area contributed by atoms with Crippen molar-refractivity contribution in [2.24, 2.45) is 0 Å². The van der Waals surface area contributed by atoms with Gasteiger partial charge >= 0.3 is 0 Å². The zero-order valence-corrected chi connectivity index (χ0v) is 16.4. The summed E-state index contributed by atoms with van der Waals surface area (Å²) in [5, 5.41) is 8.72. The smallest absolute Gasteiger partial charge is 0.0841 e. The van der Waals surface area contributed by atoms with E-state index in [9.17, 15) is 0 Å². The molecule has 1 fully saturated rings. The van der Waals surface area contributed by atoms with Crippen LogP contribution in [0.3, 0.4) is 0 Å². The van der Waals surface area contributed by atoms with Crippen LogP contribution in [0.5, 0.6) is 0 Å². The van der Waals surface area contributed by atoms with Gasteiger partial charge < -0.3 is 9.84 Å². The lowest BCUT2D eigenvalue weighted by Gasteiger charge is -2.02. The second kappa shape index (κ2) is 16.4. The first-order valence-electron chi connectivity index (χ1n) is 11.1. The van der Waals surface area contributed by atoms with E-state index in [2.05, 4.69) is 6.92 Å². The standard InChI is InChI=1S/C22H44O2/c1-2-3-4-5-12-15-18-21-22(24-21)19-16-13-10-8-6-7-9-11-14-17-20-23/h21-23H,2-20H2,1H3. The van der Waals surface area contributed by atoms with Crippen LogP contribution in [0, 0.1) is 0 Å². The largest absolute Gasteiger partial charge is 0.396 e. The molecule has 0 radical (unpaired) electrons. The lowest BCUT2D eigenvalue weighted by atomic mass is 10.0. The van der Waals surface area contributed by atoms with Gasteiger partial charge in [-0.15, -0.1) is 0 Å². The Labute approximate surface area is 151 Å². The molecule has 1 aliphatic heterocycles. The molecule has 2 heteroatoms. The number of ether oxygens (including phenoxy) is 1. The summed E-state index contributed by atoms with van der Waals surface area (Å²) in [4.78, 5) is 0. The maximum atomic E-state index is 8.72. The molecule has 0 saturated carbocycles. The quantitative estimate of drug-likeness (QED) is 0.207. The minimum absolute atomic E-state index is 0.366. The zero-order chi connectivity index (χ0) is 17.3. The van der Waals surface area contributed by atoms with E-state index in [0.717, 1.165) is 6.42 Å². The zero-order valence-electron chi connectivity index (χ0n) is 16.4. The number of hydrogen-bond donors (Lipinski definition) is 1. The molecular formula is C22H44O2. The second-order valence-corrected chi connectivity index (χ2v) is 7.82. The summed E-state index contributed by atoms with van der Waals surface area (Å²) in [7, 11) is 0. The van der Waals surface area contributed by atoms with Gasteiger partial charge in [0.2, 0.25) is 0 Å². The number of aliphatic hydroxyl groups is 1. The fourth-order valence-corrected chi connectivity index (χ4v) is 3.68. The average molecular weight is 341 g/mol. The number of aliphatic hydroxyl groups excluding tert-OH is 1. The predicted octanol–water partition coefficient (Wildman–Crippen LogP) is 6.79. The SMILES string of the molecule is CCCCCCCCC1OC1CCCCCCCCCCCCO.